The second kappa shape index (κ2) is 7.51. The molecule has 0 heterocycles. The highest BCUT2D eigenvalue weighted by molar-refractivity contribution is 7.80. The lowest BCUT2D eigenvalue weighted by atomic mass is 9.80. The summed E-state index contributed by atoms with van der Waals surface area (Å²) in [5, 5.41) is 0. The van der Waals surface area contributed by atoms with Crippen LogP contribution in [0, 0.1) is 12.8 Å². The van der Waals surface area contributed by atoms with E-state index in [9.17, 15) is 9.59 Å². The number of aryl methyl sites for hydroxylation is 1. The molecule has 0 aromatic heterocycles. The first kappa shape index (κ1) is 17.3. The van der Waals surface area contributed by atoms with Crippen molar-refractivity contribution < 1.29 is 19.1 Å². The van der Waals surface area contributed by atoms with Crippen molar-refractivity contribution in [3.05, 3.63) is 35.4 Å². The van der Waals surface area contributed by atoms with Gasteiger partial charge in [0.2, 0.25) is 0 Å². The molecule has 5 heteroatoms. The van der Waals surface area contributed by atoms with Crippen LogP contribution in [0.2, 0.25) is 0 Å². The van der Waals surface area contributed by atoms with Gasteiger partial charge in [-0.2, -0.15) is 0 Å². The topological polar surface area (TPSA) is 52.6 Å². The van der Waals surface area contributed by atoms with Gasteiger partial charge in [-0.15, -0.1) is 0 Å². The predicted molar refractivity (Wildman–Crippen MR) is 92.7 cm³/mol. The van der Waals surface area contributed by atoms with E-state index in [0.29, 0.717) is 11.5 Å². The maximum atomic E-state index is 11.9. The molecule has 23 heavy (non-hydrogen) atoms. The van der Waals surface area contributed by atoms with Gasteiger partial charge in [0, 0.05) is 17.2 Å². The van der Waals surface area contributed by atoms with Crippen LogP contribution in [-0.4, -0.2) is 30.3 Å². The van der Waals surface area contributed by atoms with Crippen LogP contribution in [0.1, 0.15) is 30.9 Å². The average Bonchev–Trinajstić information content (AvgIpc) is 2.50. The number of allylic oxidation sites excluding steroid dienone is 2. The van der Waals surface area contributed by atoms with Crippen molar-refractivity contribution in [2.75, 3.05) is 13.7 Å². The molecule has 0 spiro atoms. The van der Waals surface area contributed by atoms with Gasteiger partial charge in [0.25, 0.3) is 0 Å². The number of benzene rings is 1. The Morgan fingerprint density at radius 3 is 2.74 bits per heavy atom. The van der Waals surface area contributed by atoms with E-state index in [1.807, 2.05) is 25.1 Å². The van der Waals surface area contributed by atoms with Crippen LogP contribution >= 0.6 is 12.2 Å². The molecule has 1 unspecified atom stereocenters. The summed E-state index contributed by atoms with van der Waals surface area (Å²) in [6, 6.07) is 5.64. The van der Waals surface area contributed by atoms with Gasteiger partial charge in [-0.1, -0.05) is 18.3 Å². The number of ether oxygens (including phenoxy) is 2. The van der Waals surface area contributed by atoms with E-state index in [2.05, 4.69) is 0 Å². The molecule has 0 saturated carbocycles. The summed E-state index contributed by atoms with van der Waals surface area (Å²) in [5.74, 6) is 0.152. The maximum Gasteiger partial charge on any atom is 0.306 e. The molecular weight excluding hydrogens is 312 g/mol. The number of rotatable bonds is 5. The standard InChI is InChI=1S/C18H20O4S/c1-4-22-18(20)10-16-15(8-12(19)9-17(16)23)14-6-5-13(21-3)7-11(14)2/h5-8,16H,4,9-10H2,1-3H3. The second-order valence-electron chi connectivity index (χ2n) is 5.45. The average molecular weight is 332 g/mol. The molecule has 0 fully saturated rings. The van der Waals surface area contributed by atoms with Crippen molar-refractivity contribution in [3.8, 4) is 5.75 Å². The van der Waals surface area contributed by atoms with E-state index in [1.54, 1.807) is 20.1 Å². The highest BCUT2D eigenvalue weighted by Crippen LogP contribution is 2.35. The van der Waals surface area contributed by atoms with E-state index < -0.39 is 0 Å². The normalized spacial score (nSPS) is 17.7. The summed E-state index contributed by atoms with van der Waals surface area (Å²) in [4.78, 5) is 24.4. The zero-order valence-corrected chi connectivity index (χ0v) is 14.4. The largest absolute Gasteiger partial charge is 0.497 e. The van der Waals surface area contributed by atoms with Gasteiger partial charge in [-0.05, 0) is 48.8 Å². The molecule has 1 aliphatic rings. The number of methoxy groups -OCH3 is 1. The molecule has 0 radical (unpaired) electrons. The molecular formula is C18H20O4S. The summed E-state index contributed by atoms with van der Waals surface area (Å²) in [5.41, 5.74) is 2.68. The van der Waals surface area contributed by atoms with E-state index in [-0.39, 0.29) is 30.5 Å². The van der Waals surface area contributed by atoms with Gasteiger partial charge in [-0.25, -0.2) is 0 Å². The first-order valence-corrected chi connectivity index (χ1v) is 7.94. The zero-order chi connectivity index (χ0) is 17.0. The third-order valence-corrected chi connectivity index (χ3v) is 4.28. The number of esters is 1. The lowest BCUT2D eigenvalue weighted by molar-refractivity contribution is -0.143. The summed E-state index contributed by atoms with van der Waals surface area (Å²) < 4.78 is 10.3. The Morgan fingerprint density at radius 2 is 2.13 bits per heavy atom. The van der Waals surface area contributed by atoms with Crippen LogP contribution in [-0.2, 0) is 14.3 Å². The van der Waals surface area contributed by atoms with Crippen molar-refractivity contribution in [1.82, 2.24) is 0 Å². The number of hydrogen-bond donors (Lipinski definition) is 0. The minimum Gasteiger partial charge on any atom is -0.497 e. The number of carbonyl (C=O) groups excluding carboxylic acids is 2. The van der Waals surface area contributed by atoms with Gasteiger partial charge < -0.3 is 9.47 Å². The van der Waals surface area contributed by atoms with Gasteiger partial charge in [0.1, 0.15) is 5.75 Å². The molecule has 0 bridgehead atoms. The van der Waals surface area contributed by atoms with Gasteiger partial charge in [0.05, 0.1) is 20.1 Å². The quantitative estimate of drug-likeness (QED) is 0.612. The zero-order valence-electron chi connectivity index (χ0n) is 13.5. The number of carbonyl (C=O) groups is 2. The predicted octanol–water partition coefficient (Wildman–Crippen LogP) is 3.30. The Labute approximate surface area is 141 Å². The van der Waals surface area contributed by atoms with Crippen molar-refractivity contribution in [2.24, 2.45) is 5.92 Å². The molecule has 122 valence electrons. The van der Waals surface area contributed by atoms with Gasteiger partial charge >= 0.3 is 5.97 Å². The third-order valence-electron chi connectivity index (χ3n) is 3.85. The molecule has 1 atom stereocenters. The third kappa shape index (κ3) is 4.05. The number of thiocarbonyl (C=S) groups is 1. The fourth-order valence-corrected chi connectivity index (χ4v) is 3.11. The minimum absolute atomic E-state index is 0.0275. The Hall–Kier alpha value is -2.01. The Morgan fingerprint density at radius 1 is 1.39 bits per heavy atom. The van der Waals surface area contributed by atoms with Crippen LogP contribution < -0.4 is 4.74 Å². The molecule has 4 nitrogen and oxygen atoms in total. The van der Waals surface area contributed by atoms with Gasteiger partial charge in [0.15, 0.2) is 5.78 Å². The fourth-order valence-electron chi connectivity index (χ4n) is 2.76. The smallest absolute Gasteiger partial charge is 0.306 e. The molecule has 0 saturated heterocycles. The van der Waals surface area contributed by atoms with Gasteiger partial charge in [-0.3, -0.25) is 9.59 Å². The number of hydrogen-bond acceptors (Lipinski definition) is 5. The molecule has 1 aliphatic carbocycles. The molecule has 0 aliphatic heterocycles. The first-order valence-electron chi connectivity index (χ1n) is 7.54. The Bertz CT molecular complexity index is 676. The van der Waals surface area contributed by atoms with E-state index >= 15 is 0 Å². The van der Waals surface area contributed by atoms with Crippen LogP contribution in [0.15, 0.2) is 24.3 Å². The van der Waals surface area contributed by atoms with Crippen molar-refractivity contribution in [2.45, 2.75) is 26.7 Å². The lowest BCUT2D eigenvalue weighted by Crippen LogP contribution is -2.26. The minimum atomic E-state index is -0.300. The van der Waals surface area contributed by atoms with Crippen LogP contribution in [0.4, 0.5) is 0 Å². The molecule has 2 rings (SSSR count). The second-order valence-corrected chi connectivity index (χ2v) is 5.98. The molecule has 1 aromatic rings. The first-order chi connectivity index (χ1) is 11.0. The summed E-state index contributed by atoms with van der Waals surface area (Å²) in [6.07, 6.45) is 1.98. The van der Waals surface area contributed by atoms with Crippen molar-refractivity contribution in [1.29, 1.82) is 0 Å². The SMILES string of the molecule is CCOC(=O)CC1C(=S)CC(=O)C=C1c1ccc(OC)cc1C. The molecule has 0 amide bonds. The van der Waals surface area contributed by atoms with Crippen LogP contribution in [0.25, 0.3) is 5.57 Å². The van der Waals surface area contributed by atoms with Crippen molar-refractivity contribution in [3.63, 3.8) is 0 Å². The number of ketones is 1. The lowest BCUT2D eigenvalue weighted by Gasteiger charge is -2.25. The highest BCUT2D eigenvalue weighted by Gasteiger charge is 2.30. The monoisotopic (exact) mass is 332 g/mol. The summed E-state index contributed by atoms with van der Waals surface area (Å²) >= 11 is 5.38. The highest BCUT2D eigenvalue weighted by atomic mass is 32.1. The Balaban J connectivity index is 2.40. The van der Waals surface area contributed by atoms with Crippen molar-refractivity contribution >= 4 is 34.4 Å². The fraction of sp³-hybridized carbons (Fsp3) is 0.389. The van der Waals surface area contributed by atoms with E-state index in [0.717, 1.165) is 22.4 Å². The summed E-state index contributed by atoms with van der Waals surface area (Å²) in [6.45, 7) is 4.05. The molecule has 0 N–H and O–H groups in total. The Kier molecular flexibility index (Phi) is 5.66. The maximum absolute atomic E-state index is 11.9. The van der Waals surface area contributed by atoms with Crippen LogP contribution in [0.5, 0.6) is 5.75 Å². The van der Waals surface area contributed by atoms with E-state index in [1.165, 1.54) is 0 Å². The van der Waals surface area contributed by atoms with Crippen LogP contribution in [0.3, 0.4) is 0 Å². The van der Waals surface area contributed by atoms with E-state index in [4.69, 9.17) is 21.7 Å². The summed E-state index contributed by atoms with van der Waals surface area (Å²) in [7, 11) is 1.61. The molecule has 1 aromatic carbocycles.